The second kappa shape index (κ2) is 7.50. The highest BCUT2D eigenvalue weighted by molar-refractivity contribution is 7.89. The lowest BCUT2D eigenvalue weighted by molar-refractivity contribution is -0.384. The molecule has 1 amide bonds. The number of hydrogen-bond acceptors (Lipinski definition) is 6. The van der Waals surface area contributed by atoms with Gasteiger partial charge in [0.1, 0.15) is 5.75 Å². The van der Waals surface area contributed by atoms with Gasteiger partial charge < -0.3 is 10.1 Å². The maximum Gasteiger partial charge on any atom is 0.273 e. The molecule has 0 spiro atoms. The van der Waals surface area contributed by atoms with Crippen molar-refractivity contribution in [3.8, 4) is 5.75 Å². The number of non-ortho nitro benzene ring substituents is 1. The first-order valence-corrected chi connectivity index (χ1v) is 8.77. The van der Waals surface area contributed by atoms with E-state index in [4.69, 9.17) is 4.74 Å². The number of amides is 1. The van der Waals surface area contributed by atoms with Crippen molar-refractivity contribution in [2.24, 2.45) is 0 Å². The molecular formula is C16H17N3O6S. The van der Waals surface area contributed by atoms with Gasteiger partial charge in [0, 0.05) is 25.7 Å². The first-order chi connectivity index (χ1) is 12.2. The summed E-state index contributed by atoms with van der Waals surface area (Å²) in [5.74, 6) is -0.370. The summed E-state index contributed by atoms with van der Waals surface area (Å²) in [4.78, 5) is 22.6. The molecular weight excluding hydrogens is 362 g/mol. The van der Waals surface area contributed by atoms with Crippen LogP contribution in [-0.2, 0) is 10.0 Å². The third-order valence-corrected chi connectivity index (χ3v) is 5.37. The van der Waals surface area contributed by atoms with Crippen molar-refractivity contribution >= 4 is 27.3 Å². The Bertz CT molecular complexity index is 939. The van der Waals surface area contributed by atoms with Crippen LogP contribution >= 0.6 is 0 Å². The average Bonchev–Trinajstić information content (AvgIpc) is 2.61. The lowest BCUT2D eigenvalue weighted by atomic mass is 10.2. The van der Waals surface area contributed by atoms with Gasteiger partial charge in [-0.3, -0.25) is 14.9 Å². The fraction of sp³-hybridized carbons (Fsp3) is 0.188. The molecule has 0 heterocycles. The fourth-order valence-corrected chi connectivity index (χ4v) is 2.98. The van der Waals surface area contributed by atoms with Crippen molar-refractivity contribution in [2.75, 3.05) is 26.5 Å². The molecule has 10 heteroatoms. The van der Waals surface area contributed by atoms with Gasteiger partial charge >= 0.3 is 0 Å². The molecule has 0 aliphatic carbocycles. The number of nitro benzene ring substituents is 1. The highest BCUT2D eigenvalue weighted by atomic mass is 32.2. The van der Waals surface area contributed by atoms with Crippen molar-refractivity contribution in [1.82, 2.24) is 4.31 Å². The number of ether oxygens (including phenoxy) is 1. The summed E-state index contributed by atoms with van der Waals surface area (Å²) in [5.41, 5.74) is 0.314. The van der Waals surface area contributed by atoms with Gasteiger partial charge in [0.25, 0.3) is 11.6 Å². The van der Waals surface area contributed by atoms with Crippen LogP contribution in [-0.4, -0.2) is 44.8 Å². The minimum atomic E-state index is -3.58. The maximum atomic E-state index is 12.3. The number of carbonyl (C=O) groups is 1. The van der Waals surface area contributed by atoms with Gasteiger partial charge in [-0.05, 0) is 30.3 Å². The van der Waals surface area contributed by atoms with Crippen LogP contribution in [0, 0.1) is 10.1 Å². The Kier molecular flexibility index (Phi) is 5.58. The molecule has 2 aromatic rings. The van der Waals surface area contributed by atoms with E-state index in [-0.39, 0.29) is 27.6 Å². The Morgan fingerprint density at radius 3 is 2.27 bits per heavy atom. The van der Waals surface area contributed by atoms with Gasteiger partial charge in [-0.15, -0.1) is 0 Å². The van der Waals surface area contributed by atoms with Gasteiger partial charge in [-0.1, -0.05) is 0 Å². The summed E-state index contributed by atoms with van der Waals surface area (Å²) in [5, 5.41) is 13.4. The van der Waals surface area contributed by atoms with Crippen LogP contribution in [0.15, 0.2) is 47.4 Å². The Morgan fingerprint density at radius 2 is 1.77 bits per heavy atom. The molecule has 2 rings (SSSR count). The first kappa shape index (κ1) is 19.3. The predicted octanol–water partition coefficient (Wildman–Crippen LogP) is 2.11. The topological polar surface area (TPSA) is 119 Å². The van der Waals surface area contributed by atoms with Gasteiger partial charge in [-0.25, -0.2) is 12.7 Å². The van der Waals surface area contributed by atoms with Crippen LogP contribution < -0.4 is 10.1 Å². The van der Waals surface area contributed by atoms with Crippen LogP contribution in [0.1, 0.15) is 10.4 Å². The van der Waals surface area contributed by atoms with E-state index in [1.807, 2.05) is 0 Å². The normalized spacial score (nSPS) is 11.2. The highest BCUT2D eigenvalue weighted by Gasteiger charge is 2.18. The molecule has 9 nitrogen and oxygen atoms in total. The van der Waals surface area contributed by atoms with Crippen LogP contribution in [0.3, 0.4) is 0 Å². The molecule has 1 N–H and O–H groups in total. The summed E-state index contributed by atoms with van der Waals surface area (Å²) in [7, 11) is 0.572. The second-order valence-electron chi connectivity index (χ2n) is 5.41. The molecule has 0 unspecified atom stereocenters. The minimum absolute atomic E-state index is 0.0620. The number of benzene rings is 2. The SMILES string of the molecule is COc1cc([N+](=O)[O-])ccc1NC(=O)c1ccc(S(=O)(=O)N(C)C)cc1. The van der Waals surface area contributed by atoms with E-state index < -0.39 is 20.9 Å². The average molecular weight is 379 g/mol. The lowest BCUT2D eigenvalue weighted by Crippen LogP contribution is -2.22. The number of carbonyl (C=O) groups excluding carboxylic acids is 1. The summed E-state index contributed by atoms with van der Waals surface area (Å²) < 4.78 is 30.2. The lowest BCUT2D eigenvalue weighted by Gasteiger charge is -2.12. The molecule has 0 saturated carbocycles. The van der Waals surface area contributed by atoms with E-state index in [1.165, 1.54) is 63.7 Å². The number of hydrogen-bond donors (Lipinski definition) is 1. The Morgan fingerprint density at radius 1 is 1.15 bits per heavy atom. The Labute approximate surface area is 150 Å². The monoisotopic (exact) mass is 379 g/mol. The number of nitrogens with zero attached hydrogens (tertiary/aromatic N) is 2. The van der Waals surface area contributed by atoms with Crippen molar-refractivity contribution in [3.05, 3.63) is 58.1 Å². The quantitative estimate of drug-likeness (QED) is 0.606. The van der Waals surface area contributed by atoms with E-state index in [0.29, 0.717) is 0 Å². The molecule has 0 radical (unpaired) electrons. The zero-order valence-corrected chi connectivity index (χ0v) is 15.1. The van der Waals surface area contributed by atoms with E-state index >= 15 is 0 Å². The van der Waals surface area contributed by atoms with E-state index in [2.05, 4.69) is 5.32 Å². The Balaban J connectivity index is 2.24. The van der Waals surface area contributed by atoms with E-state index in [0.717, 1.165) is 4.31 Å². The van der Waals surface area contributed by atoms with E-state index in [1.54, 1.807) is 0 Å². The van der Waals surface area contributed by atoms with Crippen LogP contribution in [0.25, 0.3) is 0 Å². The first-order valence-electron chi connectivity index (χ1n) is 7.33. The van der Waals surface area contributed by atoms with E-state index in [9.17, 15) is 23.3 Å². The second-order valence-corrected chi connectivity index (χ2v) is 7.56. The van der Waals surface area contributed by atoms with Crippen molar-refractivity contribution in [2.45, 2.75) is 4.90 Å². The molecule has 0 aliphatic rings. The van der Waals surface area contributed by atoms with Crippen LogP contribution in [0.5, 0.6) is 5.75 Å². The zero-order valence-electron chi connectivity index (χ0n) is 14.3. The van der Waals surface area contributed by atoms with Gasteiger partial charge in [-0.2, -0.15) is 0 Å². The third-order valence-electron chi connectivity index (χ3n) is 3.54. The molecule has 0 bridgehead atoms. The summed E-state index contributed by atoms with van der Waals surface area (Å²) >= 11 is 0. The third kappa shape index (κ3) is 3.98. The highest BCUT2D eigenvalue weighted by Crippen LogP contribution is 2.29. The van der Waals surface area contributed by atoms with Crippen LogP contribution in [0.4, 0.5) is 11.4 Å². The van der Waals surface area contributed by atoms with Gasteiger partial charge in [0.15, 0.2) is 0 Å². The molecule has 0 fully saturated rings. The molecule has 0 aromatic heterocycles. The standard InChI is InChI=1S/C16H17N3O6S/c1-18(2)26(23,24)13-7-4-11(5-8-13)16(20)17-14-9-6-12(19(21)22)10-15(14)25-3/h4-10H,1-3H3,(H,17,20). The smallest absolute Gasteiger partial charge is 0.273 e. The van der Waals surface area contributed by atoms with Gasteiger partial charge in [0.05, 0.1) is 28.7 Å². The summed E-state index contributed by atoms with van der Waals surface area (Å²) in [6.07, 6.45) is 0. The zero-order chi connectivity index (χ0) is 19.5. The van der Waals surface area contributed by atoms with Crippen LogP contribution in [0.2, 0.25) is 0 Å². The number of nitrogens with one attached hydrogen (secondary N) is 1. The number of sulfonamides is 1. The van der Waals surface area contributed by atoms with Crippen molar-refractivity contribution in [3.63, 3.8) is 0 Å². The molecule has 2 aromatic carbocycles. The number of methoxy groups -OCH3 is 1. The molecule has 0 atom stereocenters. The predicted molar refractivity (Wildman–Crippen MR) is 94.9 cm³/mol. The van der Waals surface area contributed by atoms with Crippen molar-refractivity contribution in [1.29, 1.82) is 0 Å². The largest absolute Gasteiger partial charge is 0.494 e. The number of rotatable bonds is 6. The van der Waals surface area contributed by atoms with Gasteiger partial charge in [0.2, 0.25) is 10.0 Å². The summed E-state index contributed by atoms with van der Waals surface area (Å²) in [6.45, 7) is 0. The molecule has 138 valence electrons. The summed E-state index contributed by atoms with van der Waals surface area (Å²) in [6, 6.07) is 9.22. The number of nitro groups is 1. The fourth-order valence-electron chi connectivity index (χ4n) is 2.08. The maximum absolute atomic E-state index is 12.3. The Hall–Kier alpha value is -2.98. The van der Waals surface area contributed by atoms with Crippen molar-refractivity contribution < 1.29 is 22.9 Å². The molecule has 0 aliphatic heterocycles. The number of anilines is 1. The molecule has 26 heavy (non-hydrogen) atoms. The minimum Gasteiger partial charge on any atom is -0.494 e. The molecule has 0 saturated heterocycles.